The highest BCUT2D eigenvalue weighted by Crippen LogP contribution is 2.15. The van der Waals surface area contributed by atoms with Gasteiger partial charge in [0.2, 0.25) is 0 Å². The zero-order valence-corrected chi connectivity index (χ0v) is 8.07. The number of hydrogen-bond donors (Lipinski definition) is 1. The summed E-state index contributed by atoms with van der Waals surface area (Å²) >= 11 is 0. The van der Waals surface area contributed by atoms with Crippen LogP contribution in [0.1, 0.15) is 25.0 Å². The molecular weight excluding hydrogens is 162 g/mol. The van der Waals surface area contributed by atoms with Gasteiger partial charge in [-0.25, -0.2) is 0 Å². The molecule has 1 aromatic carbocycles. The van der Waals surface area contributed by atoms with Crippen molar-refractivity contribution < 1.29 is 4.74 Å². The van der Waals surface area contributed by atoms with E-state index in [1.54, 1.807) is 0 Å². The van der Waals surface area contributed by atoms with Crippen molar-refractivity contribution >= 4 is 0 Å². The summed E-state index contributed by atoms with van der Waals surface area (Å²) in [7, 11) is 0. The highest BCUT2D eigenvalue weighted by atomic mass is 16.5. The molecule has 72 valence electrons. The summed E-state index contributed by atoms with van der Waals surface area (Å²) in [6.07, 6.45) is 1.09. The van der Waals surface area contributed by atoms with Crippen LogP contribution in [0.4, 0.5) is 0 Å². The number of hydrogen-bond acceptors (Lipinski definition) is 2. The molecule has 1 rings (SSSR count). The lowest BCUT2D eigenvalue weighted by Gasteiger charge is -2.15. The molecule has 1 aromatic rings. The van der Waals surface area contributed by atoms with E-state index in [4.69, 9.17) is 10.5 Å². The Morgan fingerprint density at radius 1 is 1.31 bits per heavy atom. The van der Waals surface area contributed by atoms with Crippen LogP contribution in [0.3, 0.4) is 0 Å². The first-order valence-electron chi connectivity index (χ1n) is 4.75. The molecule has 1 atom stereocenters. The van der Waals surface area contributed by atoms with Gasteiger partial charge in [-0.1, -0.05) is 37.3 Å². The second kappa shape index (κ2) is 5.73. The molecule has 0 spiro atoms. The molecule has 0 aliphatic heterocycles. The lowest BCUT2D eigenvalue weighted by molar-refractivity contribution is 0.0591. The van der Waals surface area contributed by atoms with Crippen LogP contribution in [0.2, 0.25) is 0 Å². The van der Waals surface area contributed by atoms with E-state index in [0.29, 0.717) is 6.54 Å². The fourth-order valence-electron chi connectivity index (χ4n) is 1.23. The van der Waals surface area contributed by atoms with E-state index < -0.39 is 0 Å². The van der Waals surface area contributed by atoms with Crippen LogP contribution < -0.4 is 5.73 Å². The van der Waals surface area contributed by atoms with Crippen molar-refractivity contribution in [1.29, 1.82) is 0 Å². The van der Waals surface area contributed by atoms with E-state index in [1.165, 1.54) is 5.56 Å². The Labute approximate surface area is 79.7 Å². The topological polar surface area (TPSA) is 35.2 Å². The molecule has 0 saturated carbocycles. The van der Waals surface area contributed by atoms with Crippen LogP contribution in [-0.4, -0.2) is 13.2 Å². The predicted octanol–water partition coefficient (Wildman–Crippen LogP) is 2.11. The Morgan fingerprint density at radius 3 is 2.54 bits per heavy atom. The standard InChI is InChI=1S/C11H17NO/c1-2-8-13-11(9-12)10-6-4-3-5-7-10/h3-7,11H,2,8-9,12H2,1H3. The van der Waals surface area contributed by atoms with E-state index in [0.717, 1.165) is 13.0 Å². The minimum Gasteiger partial charge on any atom is -0.372 e. The van der Waals surface area contributed by atoms with Gasteiger partial charge in [0.1, 0.15) is 0 Å². The molecule has 0 bridgehead atoms. The summed E-state index contributed by atoms with van der Waals surface area (Å²) in [5.41, 5.74) is 6.79. The summed E-state index contributed by atoms with van der Waals surface area (Å²) in [4.78, 5) is 0. The van der Waals surface area contributed by atoms with Crippen LogP contribution in [0.5, 0.6) is 0 Å². The van der Waals surface area contributed by atoms with Gasteiger partial charge in [0.05, 0.1) is 6.10 Å². The Bertz CT molecular complexity index is 223. The third-order valence-electron chi connectivity index (χ3n) is 1.91. The Kier molecular flexibility index (Phi) is 4.50. The molecule has 0 radical (unpaired) electrons. The van der Waals surface area contributed by atoms with Crippen molar-refractivity contribution in [3.8, 4) is 0 Å². The first-order valence-corrected chi connectivity index (χ1v) is 4.75. The molecule has 0 fully saturated rings. The zero-order chi connectivity index (χ0) is 9.52. The third-order valence-corrected chi connectivity index (χ3v) is 1.91. The molecule has 0 saturated heterocycles. The molecule has 0 heterocycles. The van der Waals surface area contributed by atoms with E-state index in [1.807, 2.05) is 30.3 Å². The minimum atomic E-state index is 0.0566. The number of rotatable bonds is 5. The summed E-state index contributed by atoms with van der Waals surface area (Å²) < 4.78 is 5.60. The Hall–Kier alpha value is -0.860. The van der Waals surface area contributed by atoms with Gasteiger partial charge in [-0.05, 0) is 12.0 Å². The summed E-state index contributed by atoms with van der Waals surface area (Å²) in [5, 5.41) is 0. The number of benzene rings is 1. The monoisotopic (exact) mass is 179 g/mol. The van der Waals surface area contributed by atoms with Crippen molar-refractivity contribution in [2.24, 2.45) is 5.73 Å². The third kappa shape index (κ3) is 3.17. The van der Waals surface area contributed by atoms with Crippen LogP contribution in [-0.2, 0) is 4.74 Å². The van der Waals surface area contributed by atoms with E-state index in [9.17, 15) is 0 Å². The van der Waals surface area contributed by atoms with Crippen LogP contribution >= 0.6 is 0 Å². The van der Waals surface area contributed by atoms with Crippen molar-refractivity contribution in [1.82, 2.24) is 0 Å². The summed E-state index contributed by atoms with van der Waals surface area (Å²) in [6.45, 7) is 3.42. The molecular formula is C11H17NO. The lowest BCUT2D eigenvalue weighted by Crippen LogP contribution is -2.16. The second-order valence-electron chi connectivity index (χ2n) is 3.01. The molecule has 0 aliphatic carbocycles. The average Bonchev–Trinajstić information content (AvgIpc) is 2.21. The quantitative estimate of drug-likeness (QED) is 0.751. The zero-order valence-electron chi connectivity index (χ0n) is 8.07. The van der Waals surface area contributed by atoms with Crippen molar-refractivity contribution in [3.63, 3.8) is 0 Å². The fraction of sp³-hybridized carbons (Fsp3) is 0.455. The Balaban J connectivity index is 2.56. The van der Waals surface area contributed by atoms with Crippen molar-refractivity contribution in [3.05, 3.63) is 35.9 Å². The molecule has 0 aromatic heterocycles. The van der Waals surface area contributed by atoms with Crippen LogP contribution in [0.15, 0.2) is 30.3 Å². The maximum atomic E-state index is 5.62. The predicted molar refractivity (Wildman–Crippen MR) is 54.5 cm³/mol. The van der Waals surface area contributed by atoms with E-state index in [-0.39, 0.29) is 6.10 Å². The number of ether oxygens (including phenoxy) is 1. The molecule has 0 amide bonds. The fourth-order valence-corrected chi connectivity index (χ4v) is 1.23. The van der Waals surface area contributed by atoms with Crippen LogP contribution in [0.25, 0.3) is 0 Å². The summed E-state index contributed by atoms with van der Waals surface area (Å²) in [5.74, 6) is 0. The first kappa shape index (κ1) is 10.2. The lowest BCUT2D eigenvalue weighted by atomic mass is 10.1. The van der Waals surface area contributed by atoms with Gasteiger partial charge in [-0.15, -0.1) is 0 Å². The molecule has 2 nitrogen and oxygen atoms in total. The van der Waals surface area contributed by atoms with Gasteiger partial charge in [0.15, 0.2) is 0 Å². The number of nitrogens with two attached hydrogens (primary N) is 1. The normalized spacial score (nSPS) is 12.8. The van der Waals surface area contributed by atoms with Crippen LogP contribution in [0, 0.1) is 0 Å². The van der Waals surface area contributed by atoms with Crippen molar-refractivity contribution in [2.75, 3.05) is 13.2 Å². The van der Waals surface area contributed by atoms with E-state index >= 15 is 0 Å². The van der Waals surface area contributed by atoms with Gasteiger partial charge >= 0.3 is 0 Å². The highest BCUT2D eigenvalue weighted by molar-refractivity contribution is 5.17. The van der Waals surface area contributed by atoms with Gasteiger partial charge in [-0.2, -0.15) is 0 Å². The Morgan fingerprint density at radius 2 is 2.00 bits per heavy atom. The maximum absolute atomic E-state index is 5.62. The molecule has 2 N–H and O–H groups in total. The van der Waals surface area contributed by atoms with Gasteiger partial charge in [0.25, 0.3) is 0 Å². The first-order chi connectivity index (χ1) is 6.38. The maximum Gasteiger partial charge on any atom is 0.0947 e. The van der Waals surface area contributed by atoms with Gasteiger partial charge in [0, 0.05) is 13.2 Å². The molecule has 2 heteroatoms. The largest absolute Gasteiger partial charge is 0.372 e. The molecule has 13 heavy (non-hydrogen) atoms. The minimum absolute atomic E-state index is 0.0566. The second-order valence-corrected chi connectivity index (χ2v) is 3.01. The molecule has 0 aliphatic rings. The SMILES string of the molecule is CCCOC(CN)c1ccccc1. The molecule has 1 unspecified atom stereocenters. The van der Waals surface area contributed by atoms with Gasteiger partial charge < -0.3 is 10.5 Å². The van der Waals surface area contributed by atoms with Crippen molar-refractivity contribution in [2.45, 2.75) is 19.4 Å². The smallest absolute Gasteiger partial charge is 0.0947 e. The average molecular weight is 179 g/mol. The summed E-state index contributed by atoms with van der Waals surface area (Å²) in [6, 6.07) is 10.1. The van der Waals surface area contributed by atoms with E-state index in [2.05, 4.69) is 6.92 Å². The highest BCUT2D eigenvalue weighted by Gasteiger charge is 2.07. The van der Waals surface area contributed by atoms with Gasteiger partial charge in [-0.3, -0.25) is 0 Å².